The van der Waals surface area contributed by atoms with E-state index < -0.39 is 0 Å². The molecular formula is C12H14Cl2N2O. The summed E-state index contributed by atoms with van der Waals surface area (Å²) < 4.78 is 0. The highest BCUT2D eigenvalue weighted by Gasteiger charge is 2.27. The molecule has 0 bridgehead atoms. The van der Waals surface area contributed by atoms with E-state index >= 15 is 0 Å². The van der Waals surface area contributed by atoms with Gasteiger partial charge in [0.2, 0.25) is 0 Å². The lowest BCUT2D eigenvalue weighted by Gasteiger charge is -2.33. The number of carbonyl (C=O) groups is 1. The van der Waals surface area contributed by atoms with Gasteiger partial charge < -0.3 is 11.1 Å². The number of anilines is 1. The number of hydrogen-bond donors (Lipinski definition) is 2. The Morgan fingerprint density at radius 1 is 1.41 bits per heavy atom. The Balaban J connectivity index is 2.09. The molecule has 3 nitrogen and oxygen atoms in total. The van der Waals surface area contributed by atoms with E-state index in [2.05, 4.69) is 12.2 Å². The number of nitrogen functional groups attached to an aromatic ring is 1. The molecule has 0 atom stereocenters. The molecule has 1 aliphatic rings. The second-order valence-electron chi connectivity index (χ2n) is 4.61. The second-order valence-corrected chi connectivity index (χ2v) is 5.39. The average Bonchev–Trinajstić information content (AvgIpc) is 2.23. The van der Waals surface area contributed by atoms with Gasteiger partial charge in [-0.1, -0.05) is 30.1 Å². The molecule has 0 heterocycles. The van der Waals surface area contributed by atoms with Crippen molar-refractivity contribution < 1.29 is 4.79 Å². The summed E-state index contributed by atoms with van der Waals surface area (Å²) in [6.07, 6.45) is 2.06. The first-order valence-corrected chi connectivity index (χ1v) is 6.28. The fourth-order valence-corrected chi connectivity index (χ4v) is 2.37. The number of hydrogen-bond acceptors (Lipinski definition) is 2. The zero-order valence-corrected chi connectivity index (χ0v) is 11.0. The Hall–Kier alpha value is -0.930. The van der Waals surface area contributed by atoms with Gasteiger partial charge in [0.1, 0.15) is 0 Å². The molecule has 1 aromatic rings. The smallest absolute Gasteiger partial charge is 0.251 e. The molecule has 0 aromatic heterocycles. The van der Waals surface area contributed by atoms with E-state index in [0.717, 1.165) is 12.8 Å². The SMILES string of the molecule is CC1CC(NC(=O)c2cc(N)c(Cl)c(Cl)c2)C1. The topological polar surface area (TPSA) is 55.1 Å². The molecule has 1 amide bonds. The van der Waals surface area contributed by atoms with E-state index in [-0.39, 0.29) is 11.9 Å². The zero-order chi connectivity index (χ0) is 12.6. The minimum Gasteiger partial charge on any atom is -0.397 e. The molecule has 1 aromatic carbocycles. The third kappa shape index (κ3) is 2.67. The monoisotopic (exact) mass is 272 g/mol. The number of amides is 1. The van der Waals surface area contributed by atoms with Gasteiger partial charge >= 0.3 is 0 Å². The third-order valence-electron chi connectivity index (χ3n) is 3.03. The summed E-state index contributed by atoms with van der Waals surface area (Å²) in [5.41, 5.74) is 6.44. The lowest BCUT2D eigenvalue weighted by molar-refractivity contribution is 0.0896. The maximum Gasteiger partial charge on any atom is 0.251 e. The average molecular weight is 273 g/mol. The summed E-state index contributed by atoms with van der Waals surface area (Å²) in [6, 6.07) is 3.36. The maximum atomic E-state index is 11.9. The van der Waals surface area contributed by atoms with Crippen LogP contribution in [0.1, 0.15) is 30.1 Å². The van der Waals surface area contributed by atoms with Crippen molar-refractivity contribution in [2.45, 2.75) is 25.8 Å². The number of nitrogens with two attached hydrogens (primary N) is 1. The van der Waals surface area contributed by atoms with Crippen molar-refractivity contribution in [1.29, 1.82) is 0 Å². The fraction of sp³-hybridized carbons (Fsp3) is 0.417. The molecular weight excluding hydrogens is 259 g/mol. The number of nitrogens with one attached hydrogen (secondary N) is 1. The van der Waals surface area contributed by atoms with Gasteiger partial charge in [-0.15, -0.1) is 0 Å². The minimum absolute atomic E-state index is 0.146. The van der Waals surface area contributed by atoms with Crippen LogP contribution in [0.5, 0.6) is 0 Å². The van der Waals surface area contributed by atoms with Gasteiger partial charge in [-0.2, -0.15) is 0 Å². The van der Waals surface area contributed by atoms with Gasteiger partial charge in [0, 0.05) is 11.6 Å². The van der Waals surface area contributed by atoms with Crippen molar-refractivity contribution in [1.82, 2.24) is 5.32 Å². The summed E-state index contributed by atoms with van der Waals surface area (Å²) in [7, 11) is 0. The molecule has 92 valence electrons. The van der Waals surface area contributed by atoms with Crippen LogP contribution in [0.25, 0.3) is 0 Å². The third-order valence-corrected chi connectivity index (χ3v) is 3.84. The van der Waals surface area contributed by atoms with Crippen LogP contribution in [-0.2, 0) is 0 Å². The second kappa shape index (κ2) is 4.75. The Kier molecular flexibility index (Phi) is 3.50. The van der Waals surface area contributed by atoms with Crippen molar-refractivity contribution in [3.63, 3.8) is 0 Å². The Morgan fingerprint density at radius 3 is 2.59 bits per heavy atom. The number of benzene rings is 1. The van der Waals surface area contributed by atoms with E-state index in [4.69, 9.17) is 28.9 Å². The van der Waals surface area contributed by atoms with Crippen molar-refractivity contribution in [2.24, 2.45) is 5.92 Å². The molecule has 0 radical (unpaired) electrons. The first-order valence-electron chi connectivity index (χ1n) is 5.52. The Morgan fingerprint density at radius 2 is 2.06 bits per heavy atom. The minimum atomic E-state index is -0.146. The number of rotatable bonds is 2. The fourth-order valence-electron chi connectivity index (χ4n) is 2.03. The van der Waals surface area contributed by atoms with Crippen molar-refractivity contribution >= 4 is 34.8 Å². The van der Waals surface area contributed by atoms with E-state index in [0.29, 0.717) is 27.2 Å². The highest BCUT2D eigenvalue weighted by Crippen LogP contribution is 2.30. The first kappa shape index (κ1) is 12.5. The summed E-state index contributed by atoms with van der Waals surface area (Å²) in [4.78, 5) is 11.9. The molecule has 0 saturated heterocycles. The van der Waals surface area contributed by atoms with Crippen molar-refractivity contribution in [2.75, 3.05) is 5.73 Å². The van der Waals surface area contributed by atoms with Gasteiger partial charge in [0.05, 0.1) is 15.7 Å². The lowest BCUT2D eigenvalue weighted by Crippen LogP contribution is -2.43. The van der Waals surface area contributed by atoms with Crippen LogP contribution in [0.4, 0.5) is 5.69 Å². The molecule has 5 heteroatoms. The molecule has 1 fully saturated rings. The van der Waals surface area contributed by atoms with Gasteiger partial charge in [-0.05, 0) is 30.9 Å². The lowest BCUT2D eigenvalue weighted by atomic mass is 9.82. The largest absolute Gasteiger partial charge is 0.397 e. The van der Waals surface area contributed by atoms with Crippen LogP contribution < -0.4 is 11.1 Å². The normalized spacial score (nSPS) is 23.0. The van der Waals surface area contributed by atoms with Crippen LogP contribution >= 0.6 is 23.2 Å². The zero-order valence-electron chi connectivity index (χ0n) is 9.47. The van der Waals surface area contributed by atoms with Crippen molar-refractivity contribution in [3.8, 4) is 0 Å². The summed E-state index contributed by atoms with van der Waals surface area (Å²) in [6.45, 7) is 2.17. The molecule has 1 saturated carbocycles. The Labute approximate surface area is 110 Å². The van der Waals surface area contributed by atoms with Crippen LogP contribution in [-0.4, -0.2) is 11.9 Å². The van der Waals surface area contributed by atoms with E-state index in [1.807, 2.05) is 0 Å². The molecule has 1 aliphatic carbocycles. The summed E-state index contributed by atoms with van der Waals surface area (Å²) in [5.74, 6) is 0.548. The maximum absolute atomic E-state index is 11.9. The predicted octanol–water partition coefficient (Wildman–Crippen LogP) is 3.10. The molecule has 0 unspecified atom stereocenters. The highest BCUT2D eigenvalue weighted by atomic mass is 35.5. The quantitative estimate of drug-likeness (QED) is 0.813. The van der Waals surface area contributed by atoms with Gasteiger partial charge in [-0.3, -0.25) is 4.79 Å². The van der Waals surface area contributed by atoms with E-state index in [1.165, 1.54) is 6.07 Å². The standard InChI is InChI=1S/C12H14Cl2N2O/c1-6-2-8(3-6)16-12(17)7-4-9(13)11(14)10(15)5-7/h4-6,8H,2-3,15H2,1H3,(H,16,17). The van der Waals surface area contributed by atoms with Gasteiger partial charge in [0.25, 0.3) is 5.91 Å². The van der Waals surface area contributed by atoms with Gasteiger partial charge in [-0.25, -0.2) is 0 Å². The van der Waals surface area contributed by atoms with Crippen LogP contribution in [0.3, 0.4) is 0 Å². The van der Waals surface area contributed by atoms with E-state index in [9.17, 15) is 4.79 Å². The van der Waals surface area contributed by atoms with Crippen LogP contribution in [0.15, 0.2) is 12.1 Å². The predicted molar refractivity (Wildman–Crippen MR) is 70.5 cm³/mol. The van der Waals surface area contributed by atoms with Crippen LogP contribution in [0, 0.1) is 5.92 Å². The summed E-state index contributed by atoms with van der Waals surface area (Å²) >= 11 is 11.7. The number of carbonyl (C=O) groups excluding carboxylic acids is 1. The molecule has 0 spiro atoms. The highest BCUT2D eigenvalue weighted by molar-refractivity contribution is 6.43. The van der Waals surface area contributed by atoms with Crippen LogP contribution in [0.2, 0.25) is 10.0 Å². The molecule has 2 rings (SSSR count). The van der Waals surface area contributed by atoms with Crippen molar-refractivity contribution in [3.05, 3.63) is 27.7 Å². The van der Waals surface area contributed by atoms with E-state index in [1.54, 1.807) is 6.07 Å². The van der Waals surface area contributed by atoms with Gasteiger partial charge in [0.15, 0.2) is 0 Å². The molecule has 17 heavy (non-hydrogen) atoms. The summed E-state index contributed by atoms with van der Waals surface area (Å²) in [5, 5.41) is 3.54. The molecule has 0 aliphatic heterocycles. The Bertz CT molecular complexity index is 433. The number of halogens is 2. The molecule has 3 N–H and O–H groups in total. The first-order chi connectivity index (χ1) is 7.97.